The normalized spacial score (nSPS) is 18.5. The number of carbonyl (C=O) groups is 1. The summed E-state index contributed by atoms with van der Waals surface area (Å²) < 4.78 is 41.9. The minimum atomic E-state index is -4.39. The van der Waals surface area contributed by atoms with Crippen LogP contribution in [0.15, 0.2) is 18.2 Å². The highest BCUT2D eigenvalue weighted by molar-refractivity contribution is 5.81. The van der Waals surface area contributed by atoms with E-state index in [0.29, 0.717) is 5.56 Å². The molecule has 2 N–H and O–H groups in total. The molecule has 1 aliphatic rings. The first-order valence-electron chi connectivity index (χ1n) is 7.65. The molecule has 128 valence electrons. The van der Waals surface area contributed by atoms with E-state index in [1.165, 1.54) is 0 Å². The molecule has 0 aromatic heterocycles. The Morgan fingerprint density at radius 1 is 1.39 bits per heavy atom. The van der Waals surface area contributed by atoms with Gasteiger partial charge in [0.15, 0.2) is 6.61 Å². The molecule has 0 radical (unpaired) electrons. The summed E-state index contributed by atoms with van der Waals surface area (Å²) in [5, 5.41) is 5.89. The maximum absolute atomic E-state index is 12.3. The molecular weight excluding hydrogens is 309 g/mol. The fraction of sp³-hybridized carbons (Fsp3) is 0.562. The van der Waals surface area contributed by atoms with Crippen LogP contribution in [0, 0.1) is 6.92 Å². The van der Waals surface area contributed by atoms with Gasteiger partial charge < -0.3 is 15.4 Å². The molecule has 1 aliphatic heterocycles. The maximum Gasteiger partial charge on any atom is 0.422 e. The zero-order valence-corrected chi connectivity index (χ0v) is 13.0. The molecule has 1 amide bonds. The van der Waals surface area contributed by atoms with E-state index < -0.39 is 12.8 Å². The average molecular weight is 330 g/mol. The molecule has 1 unspecified atom stereocenters. The minimum absolute atomic E-state index is 0.132. The van der Waals surface area contributed by atoms with Crippen molar-refractivity contribution >= 4 is 5.91 Å². The molecule has 1 aromatic rings. The summed E-state index contributed by atoms with van der Waals surface area (Å²) in [6.07, 6.45) is -1.57. The molecule has 23 heavy (non-hydrogen) atoms. The summed E-state index contributed by atoms with van der Waals surface area (Å²) in [5.41, 5.74) is 1.33. The lowest BCUT2D eigenvalue weighted by molar-refractivity contribution is -0.153. The Morgan fingerprint density at radius 3 is 2.83 bits per heavy atom. The van der Waals surface area contributed by atoms with E-state index in [9.17, 15) is 18.0 Å². The zero-order chi connectivity index (χ0) is 16.9. The summed E-state index contributed by atoms with van der Waals surface area (Å²) in [6, 6.07) is 4.77. The molecule has 0 saturated carbocycles. The summed E-state index contributed by atoms with van der Waals surface area (Å²) in [4.78, 5) is 12.1. The Balaban J connectivity index is 1.96. The fourth-order valence-corrected chi connectivity index (χ4v) is 2.48. The lowest BCUT2D eigenvalue weighted by atomic mass is 10.0. The number of benzene rings is 1. The number of aryl methyl sites for hydroxylation is 1. The van der Waals surface area contributed by atoms with Crippen molar-refractivity contribution in [2.24, 2.45) is 0 Å². The lowest BCUT2D eigenvalue weighted by Gasteiger charge is -2.23. The molecule has 1 atom stereocenters. The number of ether oxygens (including phenoxy) is 1. The molecule has 1 aromatic carbocycles. The molecule has 4 nitrogen and oxygen atoms in total. The first kappa shape index (κ1) is 17.6. The second kappa shape index (κ2) is 7.68. The maximum atomic E-state index is 12.3. The number of carbonyl (C=O) groups excluding carboxylic acids is 1. The number of alkyl halides is 3. The van der Waals surface area contributed by atoms with Crippen molar-refractivity contribution < 1.29 is 22.7 Å². The number of halogens is 3. The lowest BCUT2D eigenvalue weighted by Crippen LogP contribution is -2.46. The first-order valence-corrected chi connectivity index (χ1v) is 7.65. The van der Waals surface area contributed by atoms with Crippen LogP contribution in [-0.2, 0) is 11.3 Å². The van der Waals surface area contributed by atoms with Crippen LogP contribution in [-0.4, -0.2) is 31.3 Å². The Hall–Kier alpha value is -1.76. The summed E-state index contributed by atoms with van der Waals surface area (Å²) in [6.45, 7) is 1.38. The van der Waals surface area contributed by atoms with Gasteiger partial charge in [0.1, 0.15) is 5.75 Å². The van der Waals surface area contributed by atoms with E-state index in [0.717, 1.165) is 31.4 Å². The minimum Gasteiger partial charge on any atom is -0.484 e. The van der Waals surface area contributed by atoms with Gasteiger partial charge in [-0.3, -0.25) is 4.79 Å². The van der Waals surface area contributed by atoms with Crippen LogP contribution in [0.1, 0.15) is 30.4 Å². The van der Waals surface area contributed by atoms with E-state index >= 15 is 0 Å². The molecule has 2 rings (SSSR count). The molecule has 0 bridgehead atoms. The largest absolute Gasteiger partial charge is 0.484 e. The van der Waals surface area contributed by atoms with Crippen molar-refractivity contribution in [3.63, 3.8) is 0 Å². The SMILES string of the molecule is Cc1ccc(CNC(=O)C2CCCCN2)c(OCC(F)(F)F)c1. The van der Waals surface area contributed by atoms with Crippen LogP contribution in [0.3, 0.4) is 0 Å². The van der Waals surface area contributed by atoms with Crippen LogP contribution in [0.4, 0.5) is 13.2 Å². The van der Waals surface area contributed by atoms with E-state index in [2.05, 4.69) is 10.6 Å². The monoisotopic (exact) mass is 330 g/mol. The molecular formula is C16H21F3N2O2. The van der Waals surface area contributed by atoms with Gasteiger partial charge >= 0.3 is 6.18 Å². The number of nitrogens with one attached hydrogen (secondary N) is 2. The van der Waals surface area contributed by atoms with Crippen LogP contribution < -0.4 is 15.4 Å². The number of amides is 1. The van der Waals surface area contributed by atoms with Gasteiger partial charge in [-0.05, 0) is 37.9 Å². The van der Waals surface area contributed by atoms with Crippen molar-refractivity contribution in [3.05, 3.63) is 29.3 Å². The van der Waals surface area contributed by atoms with Gasteiger partial charge in [0, 0.05) is 12.1 Å². The standard InChI is InChI=1S/C16H21F3N2O2/c1-11-5-6-12(14(8-11)23-10-16(17,18)19)9-21-15(22)13-4-2-3-7-20-13/h5-6,8,13,20H,2-4,7,9-10H2,1H3,(H,21,22). The van der Waals surface area contributed by atoms with E-state index in [4.69, 9.17) is 4.74 Å². The summed E-state index contributed by atoms with van der Waals surface area (Å²) in [7, 11) is 0. The third-order valence-electron chi connectivity index (χ3n) is 3.69. The molecule has 0 aliphatic carbocycles. The van der Waals surface area contributed by atoms with Gasteiger partial charge in [0.05, 0.1) is 6.04 Å². The molecule has 1 heterocycles. The predicted octanol–water partition coefficient (Wildman–Crippen LogP) is 2.69. The number of hydrogen-bond donors (Lipinski definition) is 2. The van der Waals surface area contributed by atoms with Crippen LogP contribution in [0.2, 0.25) is 0 Å². The molecule has 0 spiro atoms. The third kappa shape index (κ3) is 5.74. The van der Waals surface area contributed by atoms with Crippen molar-refractivity contribution in [1.29, 1.82) is 0 Å². The summed E-state index contributed by atoms with van der Waals surface area (Å²) >= 11 is 0. The summed E-state index contributed by atoms with van der Waals surface area (Å²) in [5.74, 6) is 0.0197. The van der Waals surface area contributed by atoms with Crippen molar-refractivity contribution in [3.8, 4) is 5.75 Å². The highest BCUT2D eigenvalue weighted by Crippen LogP contribution is 2.23. The van der Waals surface area contributed by atoms with Crippen molar-refractivity contribution in [2.45, 2.75) is 44.9 Å². The van der Waals surface area contributed by atoms with Crippen LogP contribution in [0.5, 0.6) is 5.75 Å². The zero-order valence-electron chi connectivity index (χ0n) is 13.0. The Kier molecular flexibility index (Phi) is 5.87. The Labute approximate surface area is 133 Å². The van der Waals surface area contributed by atoms with Gasteiger partial charge in [0.25, 0.3) is 0 Å². The highest BCUT2D eigenvalue weighted by Gasteiger charge is 2.29. The van der Waals surface area contributed by atoms with E-state index in [1.807, 2.05) is 0 Å². The topological polar surface area (TPSA) is 50.4 Å². The molecule has 7 heteroatoms. The average Bonchev–Trinajstić information content (AvgIpc) is 2.52. The molecule has 1 fully saturated rings. The van der Waals surface area contributed by atoms with Crippen molar-refractivity contribution in [2.75, 3.05) is 13.2 Å². The second-order valence-electron chi connectivity index (χ2n) is 5.74. The van der Waals surface area contributed by atoms with Gasteiger partial charge in [0.2, 0.25) is 5.91 Å². The third-order valence-corrected chi connectivity index (χ3v) is 3.69. The van der Waals surface area contributed by atoms with Gasteiger partial charge in [-0.25, -0.2) is 0 Å². The first-order chi connectivity index (χ1) is 10.8. The second-order valence-corrected chi connectivity index (χ2v) is 5.74. The molecule has 1 saturated heterocycles. The fourth-order valence-electron chi connectivity index (χ4n) is 2.48. The Morgan fingerprint density at radius 2 is 2.17 bits per heavy atom. The quantitative estimate of drug-likeness (QED) is 0.873. The van der Waals surface area contributed by atoms with E-state index in [1.54, 1.807) is 25.1 Å². The number of rotatable bonds is 5. The van der Waals surface area contributed by atoms with Gasteiger partial charge in [-0.1, -0.05) is 18.6 Å². The Bertz CT molecular complexity index is 541. The number of hydrogen-bond acceptors (Lipinski definition) is 3. The van der Waals surface area contributed by atoms with E-state index in [-0.39, 0.29) is 24.2 Å². The predicted molar refractivity (Wildman–Crippen MR) is 80.2 cm³/mol. The van der Waals surface area contributed by atoms with Crippen LogP contribution >= 0.6 is 0 Å². The van der Waals surface area contributed by atoms with Gasteiger partial charge in [-0.2, -0.15) is 13.2 Å². The van der Waals surface area contributed by atoms with Gasteiger partial charge in [-0.15, -0.1) is 0 Å². The van der Waals surface area contributed by atoms with Crippen LogP contribution in [0.25, 0.3) is 0 Å². The smallest absolute Gasteiger partial charge is 0.422 e. The number of piperidine rings is 1. The highest BCUT2D eigenvalue weighted by atomic mass is 19.4. The van der Waals surface area contributed by atoms with Crippen molar-refractivity contribution in [1.82, 2.24) is 10.6 Å².